The summed E-state index contributed by atoms with van der Waals surface area (Å²) in [6, 6.07) is 17.1. The molecule has 1 atom stereocenters. The van der Waals surface area contributed by atoms with Crippen molar-refractivity contribution >= 4 is 64.9 Å². The molecule has 0 saturated heterocycles. The number of aromatic hydroxyl groups is 1. The average Bonchev–Trinajstić information content (AvgIpc) is 2.76. The Morgan fingerprint density at radius 1 is 0.824 bits per heavy atom. The molecule has 2 heterocycles. The number of phenolic OH excluding ortho intramolecular Hbond substituents is 1. The van der Waals surface area contributed by atoms with Crippen LogP contribution in [0.1, 0.15) is 37.5 Å². The van der Waals surface area contributed by atoms with Crippen molar-refractivity contribution in [3.8, 4) is 17.2 Å². The lowest BCUT2D eigenvalue weighted by Crippen LogP contribution is -2.35. The van der Waals surface area contributed by atoms with Gasteiger partial charge in [-0.1, -0.05) is 47.8 Å². The summed E-state index contributed by atoms with van der Waals surface area (Å²) in [5.41, 5.74) is 2.75. The van der Waals surface area contributed by atoms with Crippen molar-refractivity contribution in [3.05, 3.63) is 96.9 Å². The number of allylic oxidation sites excluding steroid dienone is 1. The fraction of sp³-hybridized carbons (Fsp3) is 0.148. The molecule has 5 rings (SSSR count). The predicted octanol–water partition coefficient (Wildman–Crippen LogP) is 8.40. The summed E-state index contributed by atoms with van der Waals surface area (Å²) in [6.45, 7) is 5.13. The molecule has 0 aliphatic carbocycles. The molecule has 4 nitrogen and oxygen atoms in total. The van der Waals surface area contributed by atoms with E-state index in [0.29, 0.717) is 17.1 Å². The van der Waals surface area contributed by atoms with Gasteiger partial charge in [0.05, 0.1) is 5.56 Å². The Morgan fingerprint density at radius 2 is 1.38 bits per heavy atom. The van der Waals surface area contributed by atoms with Crippen LogP contribution in [0.25, 0.3) is 11.3 Å². The quantitative estimate of drug-likeness (QED) is 0.288. The van der Waals surface area contributed by atoms with Crippen LogP contribution in [0.2, 0.25) is 0 Å². The van der Waals surface area contributed by atoms with Crippen LogP contribution in [-0.2, 0) is 10.4 Å². The van der Waals surface area contributed by atoms with Crippen molar-refractivity contribution in [2.45, 2.75) is 26.4 Å². The Hall–Kier alpha value is -2.35. The molecule has 0 amide bonds. The molecule has 3 aromatic rings. The van der Waals surface area contributed by atoms with E-state index in [2.05, 4.69) is 66.9 Å². The first-order chi connectivity index (χ1) is 16.1. The number of rotatable bonds is 1. The van der Waals surface area contributed by atoms with E-state index >= 15 is 0 Å². The normalized spacial score (nSPS) is 17.7. The second-order valence-corrected chi connectivity index (χ2v) is 10.9. The van der Waals surface area contributed by atoms with Crippen molar-refractivity contribution in [2.24, 2.45) is 0 Å². The summed E-state index contributed by atoms with van der Waals surface area (Å²) in [5.74, 6) is 2.31. The third-order valence-corrected chi connectivity index (χ3v) is 6.71. The van der Waals surface area contributed by atoms with Crippen molar-refractivity contribution in [3.63, 3.8) is 0 Å². The highest BCUT2D eigenvalue weighted by atomic mass is 79.9. The second-order valence-electron chi connectivity index (χ2n) is 8.18. The third-order valence-electron chi connectivity index (χ3n) is 5.23. The molecule has 0 radical (unpaired) electrons. The largest absolute Gasteiger partial charge is 0.507 e. The lowest BCUT2D eigenvalue weighted by atomic mass is 9.84. The van der Waals surface area contributed by atoms with Gasteiger partial charge in [-0.15, -0.1) is 0 Å². The standard InChI is InChI=1S/C24H15Br3O3.C3H6O/c1-13-11-24(30-21-6-3-15(26)8-17(13)21)12-23(18-9-14(25)2-5-20(18)28)29-22-7-4-16(27)10-19(22)24;1-3(2)4/h2-12,28H,1H3;1-2H3/t24-;/m1./s1. The zero-order valence-corrected chi connectivity index (χ0v) is 23.4. The van der Waals surface area contributed by atoms with E-state index in [0.717, 1.165) is 35.9 Å². The van der Waals surface area contributed by atoms with Gasteiger partial charge in [0.25, 0.3) is 0 Å². The number of halogens is 3. The Labute approximate surface area is 223 Å². The van der Waals surface area contributed by atoms with E-state index in [1.165, 1.54) is 13.8 Å². The fourth-order valence-electron chi connectivity index (χ4n) is 3.87. The van der Waals surface area contributed by atoms with Gasteiger partial charge in [0.1, 0.15) is 28.8 Å². The molecule has 174 valence electrons. The first kappa shape index (κ1) is 24.8. The minimum Gasteiger partial charge on any atom is -0.507 e. The number of carbonyl (C=O) groups excluding carboxylic acids is 1. The topological polar surface area (TPSA) is 55.8 Å². The van der Waals surface area contributed by atoms with Crippen LogP contribution >= 0.6 is 47.8 Å². The van der Waals surface area contributed by atoms with Crippen LogP contribution in [0.5, 0.6) is 17.2 Å². The van der Waals surface area contributed by atoms with Gasteiger partial charge < -0.3 is 19.4 Å². The maximum absolute atomic E-state index is 10.5. The van der Waals surface area contributed by atoms with Crippen LogP contribution in [0.15, 0.2) is 80.2 Å². The minimum absolute atomic E-state index is 0.140. The van der Waals surface area contributed by atoms with E-state index in [-0.39, 0.29) is 11.5 Å². The van der Waals surface area contributed by atoms with E-state index < -0.39 is 5.60 Å². The first-order valence-electron chi connectivity index (χ1n) is 10.4. The molecule has 1 spiro atoms. The molecular formula is C27H21Br3O4. The molecular weight excluding hydrogens is 628 g/mol. The monoisotopic (exact) mass is 646 g/mol. The van der Waals surface area contributed by atoms with Crippen molar-refractivity contribution in [2.75, 3.05) is 0 Å². The minimum atomic E-state index is -0.869. The van der Waals surface area contributed by atoms with Crippen LogP contribution in [0.3, 0.4) is 0 Å². The maximum Gasteiger partial charge on any atom is 0.179 e. The summed E-state index contributed by atoms with van der Waals surface area (Å²) >= 11 is 10.6. The number of Topliss-reactive ketones (excluding diaryl/α,β-unsaturated/α-hetero) is 1. The maximum atomic E-state index is 10.5. The molecule has 0 aromatic heterocycles. The number of ketones is 1. The molecule has 0 bridgehead atoms. The Morgan fingerprint density at radius 3 is 2.06 bits per heavy atom. The number of benzene rings is 3. The van der Waals surface area contributed by atoms with E-state index in [9.17, 15) is 9.90 Å². The smallest absolute Gasteiger partial charge is 0.179 e. The highest BCUT2D eigenvalue weighted by Crippen LogP contribution is 2.50. The summed E-state index contributed by atoms with van der Waals surface area (Å²) in [5, 5.41) is 10.5. The molecule has 2 aliphatic heterocycles. The summed E-state index contributed by atoms with van der Waals surface area (Å²) in [7, 11) is 0. The van der Waals surface area contributed by atoms with Crippen molar-refractivity contribution < 1.29 is 19.4 Å². The molecule has 0 fully saturated rings. The van der Waals surface area contributed by atoms with Gasteiger partial charge >= 0.3 is 0 Å². The highest BCUT2D eigenvalue weighted by Gasteiger charge is 2.41. The molecule has 7 heteroatoms. The fourth-order valence-corrected chi connectivity index (χ4v) is 4.95. The van der Waals surface area contributed by atoms with Gasteiger partial charge in [0, 0.05) is 30.6 Å². The van der Waals surface area contributed by atoms with Gasteiger partial charge in [-0.2, -0.15) is 0 Å². The molecule has 3 aromatic carbocycles. The van der Waals surface area contributed by atoms with E-state index in [4.69, 9.17) is 9.47 Å². The highest BCUT2D eigenvalue weighted by molar-refractivity contribution is 9.11. The zero-order chi connectivity index (χ0) is 24.6. The van der Waals surface area contributed by atoms with Gasteiger partial charge in [0.2, 0.25) is 0 Å². The van der Waals surface area contributed by atoms with Gasteiger partial charge in [-0.25, -0.2) is 0 Å². The number of carbonyl (C=O) groups is 1. The van der Waals surface area contributed by atoms with Crippen LogP contribution in [0, 0.1) is 0 Å². The predicted molar refractivity (Wildman–Crippen MR) is 145 cm³/mol. The third kappa shape index (κ3) is 5.02. The molecule has 0 saturated carbocycles. The van der Waals surface area contributed by atoms with Gasteiger partial charge in [0.15, 0.2) is 5.60 Å². The zero-order valence-electron chi connectivity index (χ0n) is 18.7. The molecule has 34 heavy (non-hydrogen) atoms. The molecule has 2 aliphatic rings. The van der Waals surface area contributed by atoms with Crippen LogP contribution < -0.4 is 9.47 Å². The Balaban J connectivity index is 0.000000636. The Kier molecular flexibility index (Phi) is 7.08. The van der Waals surface area contributed by atoms with E-state index in [1.54, 1.807) is 12.1 Å². The average molecular weight is 649 g/mol. The summed E-state index contributed by atoms with van der Waals surface area (Å²) in [6.07, 6.45) is 4.03. The van der Waals surface area contributed by atoms with E-state index in [1.807, 2.05) is 42.5 Å². The van der Waals surface area contributed by atoms with Crippen LogP contribution in [0.4, 0.5) is 0 Å². The number of phenols is 1. The van der Waals surface area contributed by atoms with Crippen molar-refractivity contribution in [1.82, 2.24) is 0 Å². The van der Waals surface area contributed by atoms with Crippen LogP contribution in [-0.4, -0.2) is 10.9 Å². The number of hydrogen-bond acceptors (Lipinski definition) is 4. The lowest BCUT2D eigenvalue weighted by molar-refractivity contribution is -0.114. The second kappa shape index (κ2) is 9.72. The number of hydrogen-bond donors (Lipinski definition) is 1. The molecule has 0 unspecified atom stereocenters. The number of ether oxygens (including phenoxy) is 2. The van der Waals surface area contributed by atoms with Gasteiger partial charge in [-0.05, 0) is 87.0 Å². The molecule has 1 N–H and O–H groups in total. The SMILES string of the molecule is CC(C)=O.CC1=C[C@]2(C=C(c3cc(Br)ccc3O)Oc3ccc(Br)cc32)Oc2ccc(Br)cc21. The number of fused-ring (bicyclic) bond motifs is 3. The Bertz CT molecular complexity index is 1360. The summed E-state index contributed by atoms with van der Waals surface area (Å²) in [4.78, 5) is 9.44. The first-order valence-corrected chi connectivity index (χ1v) is 12.8. The lowest BCUT2D eigenvalue weighted by Gasteiger charge is -2.38. The van der Waals surface area contributed by atoms with Gasteiger partial charge in [-0.3, -0.25) is 0 Å². The van der Waals surface area contributed by atoms with Crippen molar-refractivity contribution in [1.29, 1.82) is 0 Å². The summed E-state index contributed by atoms with van der Waals surface area (Å²) < 4.78 is 15.6.